The van der Waals surface area contributed by atoms with Gasteiger partial charge in [-0.1, -0.05) is 5.21 Å². The summed E-state index contributed by atoms with van der Waals surface area (Å²) in [5, 5.41) is 10.1. The molecule has 0 bridgehead atoms. The highest BCUT2D eigenvalue weighted by Crippen LogP contribution is 2.18. The Kier molecular flexibility index (Phi) is 3.81. The van der Waals surface area contributed by atoms with Crippen molar-refractivity contribution in [2.75, 3.05) is 5.32 Å². The van der Waals surface area contributed by atoms with Crippen LogP contribution < -0.4 is 5.32 Å². The van der Waals surface area contributed by atoms with Crippen LogP contribution in [0.15, 0.2) is 35.2 Å². The number of halogens is 1. The fourth-order valence-electron chi connectivity index (χ4n) is 1.24. The molecule has 0 saturated carbocycles. The zero-order chi connectivity index (χ0) is 12.1. The number of rotatable bonds is 4. The summed E-state index contributed by atoms with van der Waals surface area (Å²) in [4.78, 5) is 15.7. The first-order chi connectivity index (χ1) is 8.25. The van der Waals surface area contributed by atoms with E-state index in [0.29, 0.717) is 18.8 Å². The van der Waals surface area contributed by atoms with Crippen LogP contribution in [0, 0.1) is 0 Å². The first-order valence-electron chi connectivity index (χ1n) is 5.00. The quantitative estimate of drug-likeness (QED) is 0.927. The number of anilines is 1. The zero-order valence-corrected chi connectivity index (χ0v) is 10.5. The average Bonchev–Trinajstić information content (AvgIpc) is 2.82. The molecule has 0 radical (unpaired) electrons. The van der Waals surface area contributed by atoms with E-state index in [1.165, 1.54) is 0 Å². The van der Waals surface area contributed by atoms with E-state index in [1.807, 2.05) is 6.07 Å². The van der Waals surface area contributed by atoms with E-state index in [-0.39, 0.29) is 5.91 Å². The summed E-state index contributed by atoms with van der Waals surface area (Å²) < 4.78 is 2.36. The lowest BCUT2D eigenvalue weighted by molar-refractivity contribution is -0.116. The molecule has 0 fully saturated rings. The number of aryl methyl sites for hydroxylation is 1. The van der Waals surface area contributed by atoms with E-state index in [0.717, 1.165) is 4.47 Å². The van der Waals surface area contributed by atoms with Crippen LogP contribution >= 0.6 is 15.9 Å². The number of nitrogens with one attached hydrogen (secondary N) is 1. The molecular weight excluding hydrogens is 286 g/mol. The van der Waals surface area contributed by atoms with E-state index in [1.54, 1.807) is 29.3 Å². The van der Waals surface area contributed by atoms with Crippen LogP contribution in [0.1, 0.15) is 6.42 Å². The topological polar surface area (TPSA) is 72.7 Å². The number of aromatic nitrogens is 4. The van der Waals surface area contributed by atoms with Crippen LogP contribution in [-0.2, 0) is 11.3 Å². The van der Waals surface area contributed by atoms with Crippen LogP contribution in [0.4, 0.5) is 5.82 Å². The predicted molar refractivity (Wildman–Crippen MR) is 65.2 cm³/mol. The fraction of sp³-hybridized carbons (Fsp3) is 0.200. The maximum absolute atomic E-state index is 11.6. The Morgan fingerprint density at radius 1 is 1.47 bits per heavy atom. The molecule has 88 valence electrons. The molecule has 17 heavy (non-hydrogen) atoms. The van der Waals surface area contributed by atoms with E-state index in [4.69, 9.17) is 0 Å². The smallest absolute Gasteiger partial charge is 0.227 e. The second-order valence-electron chi connectivity index (χ2n) is 3.30. The summed E-state index contributed by atoms with van der Waals surface area (Å²) in [5.74, 6) is 0.413. The SMILES string of the molecule is O=C(CCn1ccnn1)Nc1ncccc1Br. The maximum Gasteiger partial charge on any atom is 0.227 e. The van der Waals surface area contributed by atoms with Crippen molar-refractivity contribution in [2.24, 2.45) is 0 Å². The van der Waals surface area contributed by atoms with E-state index >= 15 is 0 Å². The molecule has 0 atom stereocenters. The molecule has 1 amide bonds. The summed E-state index contributed by atoms with van der Waals surface area (Å²) in [7, 11) is 0. The predicted octanol–water partition coefficient (Wildman–Crippen LogP) is 1.46. The number of amides is 1. The van der Waals surface area contributed by atoms with Gasteiger partial charge < -0.3 is 5.32 Å². The second-order valence-corrected chi connectivity index (χ2v) is 4.15. The fourth-order valence-corrected chi connectivity index (χ4v) is 1.59. The molecule has 7 heteroatoms. The lowest BCUT2D eigenvalue weighted by Gasteiger charge is -2.05. The number of carbonyl (C=O) groups excluding carboxylic acids is 1. The van der Waals surface area contributed by atoms with Crippen molar-refractivity contribution in [3.63, 3.8) is 0 Å². The van der Waals surface area contributed by atoms with Crippen LogP contribution in [0.3, 0.4) is 0 Å². The van der Waals surface area contributed by atoms with Gasteiger partial charge in [-0.05, 0) is 28.1 Å². The molecule has 0 aliphatic heterocycles. The molecule has 0 aliphatic rings. The molecular formula is C10H10BrN5O. The van der Waals surface area contributed by atoms with E-state index < -0.39 is 0 Å². The molecule has 0 unspecified atom stereocenters. The Morgan fingerprint density at radius 3 is 3.06 bits per heavy atom. The van der Waals surface area contributed by atoms with Gasteiger partial charge in [-0.2, -0.15) is 0 Å². The van der Waals surface area contributed by atoms with Crippen molar-refractivity contribution >= 4 is 27.7 Å². The monoisotopic (exact) mass is 295 g/mol. The van der Waals surface area contributed by atoms with Crippen LogP contribution in [-0.4, -0.2) is 25.9 Å². The van der Waals surface area contributed by atoms with E-state index in [2.05, 4.69) is 36.5 Å². The van der Waals surface area contributed by atoms with E-state index in [9.17, 15) is 4.79 Å². The standard InChI is InChI=1S/C10H10BrN5O/c11-8-2-1-4-12-10(8)14-9(17)3-6-16-7-5-13-15-16/h1-2,4-5,7H,3,6H2,(H,12,14,17). The van der Waals surface area contributed by atoms with Crippen LogP contribution in [0.5, 0.6) is 0 Å². The van der Waals surface area contributed by atoms with Crippen molar-refractivity contribution in [2.45, 2.75) is 13.0 Å². The summed E-state index contributed by atoms with van der Waals surface area (Å²) in [5.41, 5.74) is 0. The minimum atomic E-state index is -0.111. The third-order valence-corrected chi connectivity index (χ3v) is 2.70. The highest BCUT2D eigenvalue weighted by atomic mass is 79.9. The van der Waals surface area contributed by atoms with Crippen molar-refractivity contribution in [1.29, 1.82) is 0 Å². The molecule has 1 N–H and O–H groups in total. The molecule has 0 aliphatic carbocycles. The number of pyridine rings is 1. The zero-order valence-electron chi connectivity index (χ0n) is 8.88. The Bertz CT molecular complexity index is 499. The highest BCUT2D eigenvalue weighted by Gasteiger charge is 2.06. The van der Waals surface area contributed by atoms with Crippen molar-refractivity contribution in [3.8, 4) is 0 Å². The molecule has 2 aromatic heterocycles. The number of nitrogens with zero attached hydrogens (tertiary/aromatic N) is 4. The first kappa shape index (κ1) is 11.7. The number of carbonyl (C=O) groups is 1. The van der Waals surface area contributed by atoms with Gasteiger partial charge in [0.25, 0.3) is 0 Å². The molecule has 2 rings (SSSR count). The van der Waals surface area contributed by atoms with Crippen molar-refractivity contribution in [1.82, 2.24) is 20.0 Å². The summed E-state index contributed by atoms with van der Waals surface area (Å²) in [6, 6.07) is 3.61. The molecule has 2 aromatic rings. The Hall–Kier alpha value is -1.76. The Balaban J connectivity index is 1.87. The first-order valence-corrected chi connectivity index (χ1v) is 5.79. The summed E-state index contributed by atoms with van der Waals surface area (Å²) >= 11 is 3.31. The highest BCUT2D eigenvalue weighted by molar-refractivity contribution is 9.10. The number of hydrogen-bond donors (Lipinski definition) is 1. The van der Waals surface area contributed by atoms with Crippen LogP contribution in [0.2, 0.25) is 0 Å². The van der Waals surface area contributed by atoms with Gasteiger partial charge in [-0.25, -0.2) is 4.98 Å². The second kappa shape index (κ2) is 5.53. The van der Waals surface area contributed by atoms with Gasteiger partial charge in [0.1, 0.15) is 5.82 Å². The summed E-state index contributed by atoms with van der Waals surface area (Å²) in [6.45, 7) is 0.496. The van der Waals surface area contributed by atoms with Gasteiger partial charge in [0.05, 0.1) is 17.2 Å². The normalized spacial score (nSPS) is 10.2. The van der Waals surface area contributed by atoms with Crippen LogP contribution in [0.25, 0.3) is 0 Å². The third kappa shape index (κ3) is 3.35. The lowest BCUT2D eigenvalue weighted by atomic mass is 10.4. The minimum Gasteiger partial charge on any atom is -0.310 e. The van der Waals surface area contributed by atoms with Crippen molar-refractivity contribution in [3.05, 3.63) is 35.2 Å². The molecule has 6 nitrogen and oxygen atoms in total. The average molecular weight is 296 g/mol. The van der Waals surface area contributed by atoms with Gasteiger partial charge in [0.15, 0.2) is 0 Å². The van der Waals surface area contributed by atoms with Gasteiger partial charge in [0, 0.05) is 18.8 Å². The molecule has 0 spiro atoms. The van der Waals surface area contributed by atoms with Gasteiger partial charge in [-0.3, -0.25) is 9.48 Å². The molecule has 0 saturated heterocycles. The Labute approximate surface area is 106 Å². The van der Waals surface area contributed by atoms with Gasteiger partial charge >= 0.3 is 0 Å². The molecule has 2 heterocycles. The third-order valence-electron chi connectivity index (χ3n) is 2.06. The summed E-state index contributed by atoms with van der Waals surface area (Å²) in [6.07, 6.45) is 5.24. The number of hydrogen-bond acceptors (Lipinski definition) is 4. The van der Waals surface area contributed by atoms with Gasteiger partial charge in [0.2, 0.25) is 5.91 Å². The Morgan fingerprint density at radius 2 is 2.35 bits per heavy atom. The largest absolute Gasteiger partial charge is 0.310 e. The maximum atomic E-state index is 11.6. The van der Waals surface area contributed by atoms with Crippen molar-refractivity contribution < 1.29 is 4.79 Å². The lowest BCUT2D eigenvalue weighted by Crippen LogP contribution is -2.15. The van der Waals surface area contributed by atoms with Gasteiger partial charge in [-0.15, -0.1) is 5.10 Å². The molecule has 0 aromatic carbocycles. The minimum absolute atomic E-state index is 0.111.